The molecule has 0 radical (unpaired) electrons. The molecule has 1 aliphatic rings. The number of hydrogen-bond donors (Lipinski definition) is 1. The Morgan fingerprint density at radius 1 is 1.19 bits per heavy atom. The van der Waals surface area contributed by atoms with Gasteiger partial charge in [-0.05, 0) is 24.5 Å². The van der Waals surface area contributed by atoms with Gasteiger partial charge in [-0.15, -0.1) is 0 Å². The van der Waals surface area contributed by atoms with Gasteiger partial charge < -0.3 is 10.1 Å². The summed E-state index contributed by atoms with van der Waals surface area (Å²) in [5.74, 6) is -2.44. The molecule has 0 fully saturated rings. The van der Waals surface area contributed by atoms with E-state index >= 15 is 0 Å². The molecule has 1 heterocycles. The number of esters is 1. The Labute approximate surface area is 157 Å². The smallest absolute Gasteiger partial charge is 0.329 e. The molecule has 8 nitrogen and oxygen atoms in total. The van der Waals surface area contributed by atoms with E-state index in [4.69, 9.17) is 10.00 Å². The number of imide groups is 1. The summed E-state index contributed by atoms with van der Waals surface area (Å²) in [5, 5.41) is 10.9. The van der Waals surface area contributed by atoms with Crippen molar-refractivity contribution in [1.29, 1.82) is 5.26 Å². The third-order valence-electron chi connectivity index (χ3n) is 4.01. The van der Waals surface area contributed by atoms with Crippen molar-refractivity contribution < 1.29 is 23.9 Å². The number of carbonyl (C=O) groups excluding carboxylic acids is 4. The monoisotopic (exact) mass is 371 g/mol. The van der Waals surface area contributed by atoms with Crippen molar-refractivity contribution in [3.63, 3.8) is 0 Å². The number of amides is 3. The Morgan fingerprint density at radius 3 is 2.30 bits per heavy atom. The highest BCUT2D eigenvalue weighted by molar-refractivity contribution is 6.22. The number of benzene rings is 1. The molecule has 0 aromatic heterocycles. The van der Waals surface area contributed by atoms with Crippen LogP contribution in [0.4, 0.5) is 0 Å². The number of nitriles is 1. The summed E-state index contributed by atoms with van der Waals surface area (Å²) in [6, 6.07) is 7.14. The molecule has 1 aromatic rings. The van der Waals surface area contributed by atoms with Gasteiger partial charge in [-0.1, -0.05) is 26.0 Å². The van der Waals surface area contributed by atoms with Crippen LogP contribution in [0.15, 0.2) is 24.3 Å². The predicted molar refractivity (Wildman–Crippen MR) is 94.4 cm³/mol. The zero-order chi connectivity index (χ0) is 20.0. The number of fused-ring (bicyclic) bond motifs is 1. The highest BCUT2D eigenvalue weighted by Crippen LogP contribution is 2.27. The lowest BCUT2D eigenvalue weighted by molar-refractivity contribution is -0.152. The van der Waals surface area contributed by atoms with E-state index in [1.165, 1.54) is 12.1 Å². The van der Waals surface area contributed by atoms with Gasteiger partial charge in [0, 0.05) is 6.54 Å². The summed E-state index contributed by atoms with van der Waals surface area (Å²) in [6.45, 7) is 3.32. The van der Waals surface area contributed by atoms with Gasteiger partial charge in [0.1, 0.15) is 6.04 Å². The molecule has 1 aromatic carbocycles. The Hall–Kier alpha value is -3.21. The fraction of sp³-hybridized carbons (Fsp3) is 0.421. The number of ether oxygens (including phenoxy) is 1. The maximum absolute atomic E-state index is 12.6. The zero-order valence-electron chi connectivity index (χ0n) is 15.2. The van der Waals surface area contributed by atoms with Gasteiger partial charge in [-0.2, -0.15) is 5.26 Å². The first kappa shape index (κ1) is 20.1. The first-order chi connectivity index (χ1) is 12.9. The summed E-state index contributed by atoms with van der Waals surface area (Å²) < 4.78 is 5.03. The van der Waals surface area contributed by atoms with Gasteiger partial charge >= 0.3 is 5.97 Å². The van der Waals surface area contributed by atoms with Gasteiger partial charge in [0.25, 0.3) is 17.7 Å². The SMILES string of the molecule is CC(C)C[C@@H](C(=O)OCC(=O)NCCC#N)N1C(=O)c2ccccc2C1=O. The van der Waals surface area contributed by atoms with Gasteiger partial charge in [0.2, 0.25) is 0 Å². The van der Waals surface area contributed by atoms with E-state index in [1.54, 1.807) is 12.1 Å². The molecule has 0 saturated heterocycles. The standard InChI is InChI=1S/C19H21N3O5/c1-12(2)10-15(19(26)27-11-16(23)21-9-5-8-20)22-17(24)13-6-3-4-7-14(13)18(22)25/h3-4,6-7,12,15H,5,9-11H2,1-2H3,(H,21,23)/t15-/m0/s1. The number of rotatable bonds is 8. The number of nitrogens with one attached hydrogen (secondary N) is 1. The van der Waals surface area contributed by atoms with E-state index in [0.717, 1.165) is 4.90 Å². The van der Waals surface area contributed by atoms with E-state index in [9.17, 15) is 19.2 Å². The fourth-order valence-corrected chi connectivity index (χ4v) is 2.79. The minimum atomic E-state index is -1.11. The minimum absolute atomic E-state index is 0.0105. The highest BCUT2D eigenvalue weighted by Gasteiger charge is 2.43. The van der Waals surface area contributed by atoms with Crippen LogP contribution >= 0.6 is 0 Å². The molecule has 0 spiro atoms. The zero-order valence-corrected chi connectivity index (χ0v) is 15.2. The summed E-state index contributed by atoms with van der Waals surface area (Å²) in [6.07, 6.45) is 0.366. The first-order valence-corrected chi connectivity index (χ1v) is 8.64. The molecule has 27 heavy (non-hydrogen) atoms. The van der Waals surface area contributed by atoms with Crippen LogP contribution < -0.4 is 5.32 Å². The second-order valence-electron chi connectivity index (χ2n) is 6.54. The lowest BCUT2D eigenvalue weighted by Gasteiger charge is -2.25. The van der Waals surface area contributed by atoms with Crippen molar-refractivity contribution in [3.8, 4) is 6.07 Å². The van der Waals surface area contributed by atoms with Crippen molar-refractivity contribution in [2.45, 2.75) is 32.7 Å². The lowest BCUT2D eigenvalue weighted by Crippen LogP contribution is -2.47. The van der Waals surface area contributed by atoms with Crippen LogP contribution in [0.1, 0.15) is 47.4 Å². The third-order valence-corrected chi connectivity index (χ3v) is 4.01. The van der Waals surface area contributed by atoms with E-state index in [2.05, 4.69) is 5.32 Å². The van der Waals surface area contributed by atoms with Gasteiger partial charge in [-0.3, -0.25) is 19.3 Å². The molecule has 0 unspecified atom stereocenters. The Morgan fingerprint density at radius 2 is 1.78 bits per heavy atom. The van der Waals surface area contributed by atoms with Crippen LogP contribution in [0.25, 0.3) is 0 Å². The van der Waals surface area contributed by atoms with Gasteiger partial charge in [-0.25, -0.2) is 4.79 Å². The van der Waals surface area contributed by atoms with Crippen LogP contribution in [-0.4, -0.2) is 47.8 Å². The molecule has 8 heteroatoms. The molecule has 0 aliphatic carbocycles. The third kappa shape index (κ3) is 4.70. The summed E-state index contributed by atoms with van der Waals surface area (Å²) in [7, 11) is 0. The normalized spacial score (nSPS) is 13.9. The maximum Gasteiger partial charge on any atom is 0.329 e. The molecule has 3 amide bonds. The molecular weight excluding hydrogens is 350 g/mol. The summed E-state index contributed by atoms with van der Waals surface area (Å²) in [4.78, 5) is 50.4. The van der Waals surface area contributed by atoms with Crippen molar-refractivity contribution in [2.24, 2.45) is 5.92 Å². The van der Waals surface area contributed by atoms with Crippen molar-refractivity contribution in [3.05, 3.63) is 35.4 Å². The van der Waals surface area contributed by atoms with E-state index in [0.29, 0.717) is 0 Å². The Balaban J connectivity index is 2.11. The number of carbonyl (C=O) groups is 4. The largest absolute Gasteiger partial charge is 0.454 e. The van der Waals surface area contributed by atoms with Crippen LogP contribution in [0.3, 0.4) is 0 Å². The maximum atomic E-state index is 12.6. The summed E-state index contributed by atoms with van der Waals surface area (Å²) >= 11 is 0. The average Bonchev–Trinajstić information content (AvgIpc) is 2.89. The van der Waals surface area contributed by atoms with E-state index in [-0.39, 0.29) is 36.4 Å². The second-order valence-corrected chi connectivity index (χ2v) is 6.54. The molecule has 1 aliphatic heterocycles. The lowest BCUT2D eigenvalue weighted by atomic mass is 10.0. The van der Waals surface area contributed by atoms with Crippen molar-refractivity contribution in [1.82, 2.24) is 10.2 Å². The molecule has 142 valence electrons. The van der Waals surface area contributed by atoms with Crippen LogP contribution in [0.2, 0.25) is 0 Å². The van der Waals surface area contributed by atoms with Gasteiger partial charge in [0.15, 0.2) is 6.61 Å². The molecule has 0 bridgehead atoms. The molecule has 2 rings (SSSR count). The summed E-state index contributed by atoms with van der Waals surface area (Å²) in [5.41, 5.74) is 0.497. The Kier molecular flexibility index (Phi) is 6.66. The molecular formula is C19H21N3O5. The number of hydrogen-bond acceptors (Lipinski definition) is 6. The first-order valence-electron chi connectivity index (χ1n) is 8.64. The van der Waals surface area contributed by atoms with E-state index in [1.807, 2.05) is 19.9 Å². The van der Waals surface area contributed by atoms with Crippen molar-refractivity contribution in [2.75, 3.05) is 13.2 Å². The van der Waals surface area contributed by atoms with Crippen LogP contribution in [-0.2, 0) is 14.3 Å². The van der Waals surface area contributed by atoms with Crippen molar-refractivity contribution >= 4 is 23.7 Å². The topological polar surface area (TPSA) is 117 Å². The molecule has 1 atom stereocenters. The molecule has 0 saturated carbocycles. The fourth-order valence-electron chi connectivity index (χ4n) is 2.79. The Bertz CT molecular complexity index is 762. The average molecular weight is 371 g/mol. The minimum Gasteiger partial charge on any atom is -0.454 e. The highest BCUT2D eigenvalue weighted by atomic mass is 16.5. The molecule has 1 N–H and O–H groups in total. The van der Waals surface area contributed by atoms with Crippen LogP contribution in [0.5, 0.6) is 0 Å². The predicted octanol–water partition coefficient (Wildman–Crippen LogP) is 1.27. The quantitative estimate of drug-likeness (QED) is 0.418. The van der Waals surface area contributed by atoms with Gasteiger partial charge in [0.05, 0.1) is 23.6 Å². The second kappa shape index (κ2) is 8.94. The van der Waals surface area contributed by atoms with E-state index < -0.39 is 36.3 Å². The van der Waals surface area contributed by atoms with Crippen LogP contribution in [0, 0.1) is 17.2 Å². The number of nitrogens with zero attached hydrogens (tertiary/aromatic N) is 2.